The van der Waals surface area contributed by atoms with E-state index >= 15 is 0 Å². The van der Waals surface area contributed by atoms with Crippen molar-refractivity contribution in [2.75, 3.05) is 38.3 Å². The molecule has 1 aromatic carbocycles. The molecule has 20 heavy (non-hydrogen) atoms. The fourth-order valence-corrected chi connectivity index (χ4v) is 2.89. The van der Waals surface area contributed by atoms with Gasteiger partial charge in [-0.25, -0.2) is 0 Å². The van der Waals surface area contributed by atoms with Crippen molar-refractivity contribution in [2.24, 2.45) is 0 Å². The van der Waals surface area contributed by atoms with Crippen molar-refractivity contribution in [1.82, 2.24) is 5.32 Å². The fourth-order valence-electron chi connectivity index (χ4n) is 2.22. The summed E-state index contributed by atoms with van der Waals surface area (Å²) >= 11 is 3.72. The van der Waals surface area contributed by atoms with Crippen LogP contribution >= 0.6 is 15.9 Å². The summed E-state index contributed by atoms with van der Waals surface area (Å²) in [5.74, 6) is 0. The smallest absolute Gasteiger partial charge is 0.0587 e. The van der Waals surface area contributed by atoms with Gasteiger partial charge in [-0.1, -0.05) is 19.9 Å². The van der Waals surface area contributed by atoms with Crippen LogP contribution in [-0.2, 0) is 11.3 Å². The summed E-state index contributed by atoms with van der Waals surface area (Å²) in [6, 6.07) is 6.65. The van der Waals surface area contributed by atoms with Gasteiger partial charge >= 0.3 is 0 Å². The maximum atomic E-state index is 5.03. The van der Waals surface area contributed by atoms with Gasteiger partial charge in [0.05, 0.1) is 12.3 Å². The summed E-state index contributed by atoms with van der Waals surface area (Å²) in [6.07, 6.45) is 2.35. The summed E-state index contributed by atoms with van der Waals surface area (Å²) in [6.45, 7) is 9.18. The van der Waals surface area contributed by atoms with Crippen molar-refractivity contribution >= 4 is 21.6 Å². The van der Waals surface area contributed by atoms with Crippen LogP contribution in [0.5, 0.6) is 0 Å². The van der Waals surface area contributed by atoms with E-state index in [1.807, 2.05) is 0 Å². The molecule has 0 atom stereocenters. The Balaban J connectivity index is 2.65. The van der Waals surface area contributed by atoms with Crippen LogP contribution < -0.4 is 10.2 Å². The normalized spacial score (nSPS) is 10.8. The zero-order chi connectivity index (χ0) is 14.8. The number of ether oxygens (including phenoxy) is 1. The van der Waals surface area contributed by atoms with Gasteiger partial charge in [-0.15, -0.1) is 0 Å². The molecular formula is C16H27BrN2O. The van der Waals surface area contributed by atoms with Gasteiger partial charge in [-0.05, 0) is 46.5 Å². The van der Waals surface area contributed by atoms with Crippen LogP contribution in [0.4, 0.5) is 5.69 Å². The van der Waals surface area contributed by atoms with Crippen LogP contribution in [0, 0.1) is 0 Å². The molecule has 0 aromatic heterocycles. The Morgan fingerprint density at radius 1 is 1.20 bits per heavy atom. The third-order valence-corrected chi connectivity index (χ3v) is 3.79. The second kappa shape index (κ2) is 10.2. The van der Waals surface area contributed by atoms with E-state index in [9.17, 15) is 0 Å². The largest absolute Gasteiger partial charge is 0.383 e. The Bertz CT molecular complexity index is 379. The van der Waals surface area contributed by atoms with Crippen LogP contribution in [0.1, 0.15) is 32.3 Å². The number of anilines is 1. The molecule has 3 nitrogen and oxygen atoms in total. The number of halogens is 1. The van der Waals surface area contributed by atoms with Crippen LogP contribution in [0.2, 0.25) is 0 Å². The van der Waals surface area contributed by atoms with Gasteiger partial charge in [-0.3, -0.25) is 0 Å². The van der Waals surface area contributed by atoms with E-state index < -0.39 is 0 Å². The average molecular weight is 343 g/mol. The topological polar surface area (TPSA) is 24.5 Å². The highest BCUT2D eigenvalue weighted by atomic mass is 79.9. The van der Waals surface area contributed by atoms with Crippen molar-refractivity contribution in [1.29, 1.82) is 0 Å². The van der Waals surface area contributed by atoms with E-state index in [2.05, 4.69) is 58.2 Å². The Morgan fingerprint density at radius 2 is 1.90 bits per heavy atom. The zero-order valence-electron chi connectivity index (χ0n) is 12.9. The van der Waals surface area contributed by atoms with Gasteiger partial charge in [0.15, 0.2) is 0 Å². The zero-order valence-corrected chi connectivity index (χ0v) is 14.5. The molecule has 0 saturated heterocycles. The monoisotopic (exact) mass is 342 g/mol. The van der Waals surface area contributed by atoms with Gasteiger partial charge < -0.3 is 15.0 Å². The maximum Gasteiger partial charge on any atom is 0.0587 e. The van der Waals surface area contributed by atoms with E-state index in [0.29, 0.717) is 0 Å². The number of rotatable bonds is 10. The Morgan fingerprint density at radius 3 is 2.45 bits per heavy atom. The molecule has 0 fully saturated rings. The van der Waals surface area contributed by atoms with Crippen LogP contribution in [0.3, 0.4) is 0 Å². The first-order valence-electron chi connectivity index (χ1n) is 7.45. The highest BCUT2D eigenvalue weighted by Gasteiger charge is 2.09. The van der Waals surface area contributed by atoms with Gasteiger partial charge in [0.2, 0.25) is 0 Å². The van der Waals surface area contributed by atoms with Gasteiger partial charge in [0.25, 0.3) is 0 Å². The lowest BCUT2D eigenvalue weighted by Gasteiger charge is -2.25. The minimum Gasteiger partial charge on any atom is -0.383 e. The third-order valence-electron chi connectivity index (χ3n) is 3.15. The quantitative estimate of drug-likeness (QED) is 0.654. The molecule has 1 rings (SSSR count). The molecule has 114 valence electrons. The lowest BCUT2D eigenvalue weighted by atomic mass is 10.2. The molecule has 4 heteroatoms. The summed E-state index contributed by atoms with van der Waals surface area (Å²) in [7, 11) is 1.73. The second-order valence-corrected chi connectivity index (χ2v) is 5.80. The summed E-state index contributed by atoms with van der Waals surface area (Å²) < 4.78 is 6.22. The summed E-state index contributed by atoms with van der Waals surface area (Å²) in [5.41, 5.74) is 2.60. The lowest BCUT2D eigenvalue weighted by molar-refractivity contribution is 0.199. The van der Waals surface area contributed by atoms with Crippen LogP contribution in [-0.4, -0.2) is 33.4 Å². The summed E-state index contributed by atoms with van der Waals surface area (Å²) in [5, 5.41) is 3.37. The lowest BCUT2D eigenvalue weighted by Crippen LogP contribution is -2.25. The Kier molecular flexibility index (Phi) is 8.90. The van der Waals surface area contributed by atoms with Crippen LogP contribution in [0.25, 0.3) is 0 Å². The molecule has 0 spiro atoms. The molecule has 0 radical (unpaired) electrons. The van der Waals surface area contributed by atoms with E-state index in [1.165, 1.54) is 28.6 Å². The second-order valence-electron chi connectivity index (χ2n) is 4.94. The number of hydrogen-bond donors (Lipinski definition) is 1. The standard InChI is InChI=1S/C16H27BrN2O/c1-4-9-19(10-5-2)16-7-6-14(12-15(16)17)13-18-8-11-20-3/h6-7,12,18H,4-5,8-11,13H2,1-3H3. The fraction of sp³-hybridized carbons (Fsp3) is 0.625. The highest BCUT2D eigenvalue weighted by Crippen LogP contribution is 2.27. The van der Waals surface area contributed by atoms with E-state index in [-0.39, 0.29) is 0 Å². The minimum atomic E-state index is 0.750. The van der Waals surface area contributed by atoms with Crippen LogP contribution in [0.15, 0.2) is 22.7 Å². The molecule has 0 heterocycles. The van der Waals surface area contributed by atoms with Crippen molar-refractivity contribution in [3.8, 4) is 0 Å². The molecule has 0 unspecified atom stereocenters. The van der Waals surface area contributed by atoms with E-state index in [4.69, 9.17) is 4.74 Å². The van der Waals surface area contributed by atoms with Crippen molar-refractivity contribution in [3.05, 3.63) is 28.2 Å². The first-order valence-corrected chi connectivity index (χ1v) is 8.25. The Labute approximate surface area is 131 Å². The van der Waals surface area contributed by atoms with Crippen molar-refractivity contribution < 1.29 is 4.74 Å². The predicted octanol–water partition coefficient (Wildman–Crippen LogP) is 3.81. The molecule has 1 aromatic rings. The molecule has 0 aliphatic heterocycles. The molecule has 0 amide bonds. The molecule has 0 bridgehead atoms. The van der Waals surface area contributed by atoms with Crippen molar-refractivity contribution in [3.63, 3.8) is 0 Å². The molecule has 1 N–H and O–H groups in total. The van der Waals surface area contributed by atoms with E-state index in [1.54, 1.807) is 7.11 Å². The summed E-state index contributed by atoms with van der Waals surface area (Å²) in [4.78, 5) is 2.45. The molecular weight excluding hydrogens is 316 g/mol. The first-order chi connectivity index (χ1) is 9.72. The third kappa shape index (κ3) is 5.81. The van der Waals surface area contributed by atoms with E-state index in [0.717, 1.165) is 32.8 Å². The van der Waals surface area contributed by atoms with Gasteiger partial charge in [0.1, 0.15) is 0 Å². The number of hydrogen-bond acceptors (Lipinski definition) is 3. The molecule has 0 saturated carbocycles. The molecule has 0 aliphatic carbocycles. The average Bonchev–Trinajstić information content (AvgIpc) is 2.44. The minimum absolute atomic E-state index is 0.750. The number of methoxy groups -OCH3 is 1. The van der Waals surface area contributed by atoms with Gasteiger partial charge in [-0.2, -0.15) is 0 Å². The number of nitrogens with one attached hydrogen (secondary N) is 1. The number of nitrogens with zero attached hydrogens (tertiary/aromatic N) is 1. The number of benzene rings is 1. The predicted molar refractivity (Wildman–Crippen MR) is 90.5 cm³/mol. The highest BCUT2D eigenvalue weighted by molar-refractivity contribution is 9.10. The SMILES string of the molecule is CCCN(CCC)c1ccc(CNCCOC)cc1Br. The maximum absolute atomic E-state index is 5.03. The van der Waals surface area contributed by atoms with Gasteiger partial charge in [0, 0.05) is 37.8 Å². The molecule has 0 aliphatic rings. The van der Waals surface area contributed by atoms with Crippen molar-refractivity contribution in [2.45, 2.75) is 33.2 Å². The first kappa shape index (κ1) is 17.5. The Hall–Kier alpha value is -0.580.